The summed E-state index contributed by atoms with van der Waals surface area (Å²) in [5, 5.41) is 6.27. The number of hydrogen-bond donors (Lipinski definition) is 2. The van der Waals surface area contributed by atoms with Gasteiger partial charge in [-0.3, -0.25) is 4.79 Å². The van der Waals surface area contributed by atoms with Crippen molar-refractivity contribution in [2.45, 2.75) is 51.5 Å². The Kier molecular flexibility index (Phi) is 5.45. The van der Waals surface area contributed by atoms with Crippen LogP contribution in [0.4, 0.5) is 5.69 Å². The average Bonchev–Trinajstić information content (AvgIpc) is 2.72. The van der Waals surface area contributed by atoms with Gasteiger partial charge in [0, 0.05) is 24.3 Å². The molecule has 1 aliphatic carbocycles. The Labute approximate surface area is 122 Å². The summed E-state index contributed by atoms with van der Waals surface area (Å²) in [6, 6.07) is 8.34. The number of carbonyl (C=O) groups is 1. The fraction of sp³-hybridized carbons (Fsp3) is 0.588. The molecule has 1 fully saturated rings. The van der Waals surface area contributed by atoms with Crippen LogP contribution < -0.4 is 10.6 Å². The van der Waals surface area contributed by atoms with E-state index in [0.717, 1.165) is 17.2 Å². The van der Waals surface area contributed by atoms with Crippen LogP contribution in [0.25, 0.3) is 0 Å². The van der Waals surface area contributed by atoms with Crippen LogP contribution in [-0.2, 0) is 0 Å². The predicted molar refractivity (Wildman–Crippen MR) is 84.1 cm³/mol. The van der Waals surface area contributed by atoms with Gasteiger partial charge in [0.05, 0.1) is 0 Å². The first kappa shape index (κ1) is 14.9. The van der Waals surface area contributed by atoms with Crippen molar-refractivity contribution >= 4 is 11.6 Å². The lowest BCUT2D eigenvalue weighted by Crippen LogP contribution is -2.20. The lowest BCUT2D eigenvalue weighted by molar-refractivity contribution is 0.0963. The molecule has 0 radical (unpaired) electrons. The molecule has 0 bridgehead atoms. The van der Waals surface area contributed by atoms with Crippen LogP contribution in [0.2, 0.25) is 0 Å². The van der Waals surface area contributed by atoms with Gasteiger partial charge in [-0.15, -0.1) is 0 Å². The van der Waals surface area contributed by atoms with Gasteiger partial charge in [0.25, 0.3) is 5.91 Å². The number of hydrogen-bond acceptors (Lipinski definition) is 2. The molecule has 0 spiro atoms. The largest absolute Gasteiger partial charge is 0.382 e. The highest BCUT2D eigenvalue weighted by atomic mass is 16.1. The maximum Gasteiger partial charge on any atom is 0.251 e. The van der Waals surface area contributed by atoms with Crippen LogP contribution in [-0.4, -0.2) is 19.0 Å². The third kappa shape index (κ3) is 3.99. The maximum atomic E-state index is 11.7. The molecule has 3 heteroatoms. The topological polar surface area (TPSA) is 41.1 Å². The minimum Gasteiger partial charge on any atom is -0.382 e. The van der Waals surface area contributed by atoms with E-state index in [0.29, 0.717) is 6.04 Å². The summed E-state index contributed by atoms with van der Waals surface area (Å²) in [4.78, 5) is 11.7. The molecule has 110 valence electrons. The summed E-state index contributed by atoms with van der Waals surface area (Å²) in [5.74, 6) is 0.875. The van der Waals surface area contributed by atoms with Crippen LogP contribution in [0.3, 0.4) is 0 Å². The van der Waals surface area contributed by atoms with Crippen molar-refractivity contribution in [2.75, 3.05) is 12.4 Å². The number of benzene rings is 1. The van der Waals surface area contributed by atoms with E-state index in [1.807, 2.05) is 18.2 Å². The fourth-order valence-electron chi connectivity index (χ4n) is 3.06. The van der Waals surface area contributed by atoms with Gasteiger partial charge in [0.2, 0.25) is 0 Å². The molecular weight excluding hydrogens is 248 g/mol. The minimum atomic E-state index is -0.0273. The number of carbonyl (C=O) groups excluding carboxylic acids is 1. The van der Waals surface area contributed by atoms with E-state index in [4.69, 9.17) is 0 Å². The Hall–Kier alpha value is -1.51. The molecule has 2 unspecified atom stereocenters. The van der Waals surface area contributed by atoms with Crippen molar-refractivity contribution in [1.82, 2.24) is 5.32 Å². The van der Waals surface area contributed by atoms with Gasteiger partial charge in [-0.2, -0.15) is 0 Å². The fourth-order valence-corrected chi connectivity index (χ4v) is 3.06. The molecule has 2 rings (SSSR count). The first-order chi connectivity index (χ1) is 9.72. The summed E-state index contributed by atoms with van der Waals surface area (Å²) in [6.07, 6.45) is 7.78. The van der Waals surface area contributed by atoms with Gasteiger partial charge in [0.15, 0.2) is 0 Å². The normalized spacial score (nSPS) is 22.9. The van der Waals surface area contributed by atoms with Crippen molar-refractivity contribution in [3.8, 4) is 0 Å². The van der Waals surface area contributed by atoms with Crippen molar-refractivity contribution in [3.63, 3.8) is 0 Å². The van der Waals surface area contributed by atoms with Crippen molar-refractivity contribution in [3.05, 3.63) is 29.8 Å². The van der Waals surface area contributed by atoms with Gasteiger partial charge < -0.3 is 10.6 Å². The lowest BCUT2D eigenvalue weighted by atomic mass is 9.98. The van der Waals surface area contributed by atoms with Gasteiger partial charge in [-0.05, 0) is 43.4 Å². The Morgan fingerprint density at radius 2 is 2.10 bits per heavy atom. The van der Waals surface area contributed by atoms with Gasteiger partial charge in [-0.25, -0.2) is 0 Å². The van der Waals surface area contributed by atoms with Crippen molar-refractivity contribution in [1.29, 1.82) is 0 Å². The quantitative estimate of drug-likeness (QED) is 0.820. The predicted octanol–water partition coefficient (Wildman–Crippen LogP) is 3.82. The van der Waals surface area contributed by atoms with E-state index >= 15 is 0 Å². The summed E-state index contributed by atoms with van der Waals surface area (Å²) in [7, 11) is 1.67. The smallest absolute Gasteiger partial charge is 0.251 e. The van der Waals surface area contributed by atoms with Gasteiger partial charge >= 0.3 is 0 Å². The highest BCUT2D eigenvalue weighted by Crippen LogP contribution is 2.27. The second-order valence-electron chi connectivity index (χ2n) is 5.78. The monoisotopic (exact) mass is 274 g/mol. The van der Waals surface area contributed by atoms with E-state index in [1.165, 1.54) is 38.5 Å². The van der Waals surface area contributed by atoms with E-state index in [2.05, 4.69) is 23.6 Å². The molecule has 0 heterocycles. The molecule has 1 aliphatic rings. The summed E-state index contributed by atoms with van der Waals surface area (Å²) in [6.45, 7) is 2.30. The molecule has 1 amide bonds. The number of anilines is 1. The highest BCUT2D eigenvalue weighted by molar-refractivity contribution is 5.94. The summed E-state index contributed by atoms with van der Waals surface area (Å²) in [5.41, 5.74) is 1.78. The lowest BCUT2D eigenvalue weighted by Gasteiger charge is -2.18. The third-order valence-corrected chi connectivity index (χ3v) is 4.39. The maximum absolute atomic E-state index is 11.7. The molecule has 2 atom stereocenters. The third-order valence-electron chi connectivity index (χ3n) is 4.39. The van der Waals surface area contributed by atoms with E-state index in [1.54, 1.807) is 7.05 Å². The minimum absolute atomic E-state index is 0.0273. The van der Waals surface area contributed by atoms with Crippen LogP contribution in [0, 0.1) is 5.92 Å². The van der Waals surface area contributed by atoms with Crippen molar-refractivity contribution < 1.29 is 4.79 Å². The Bertz CT molecular complexity index is 444. The van der Waals surface area contributed by atoms with E-state index in [9.17, 15) is 4.79 Å². The zero-order valence-electron chi connectivity index (χ0n) is 12.6. The van der Waals surface area contributed by atoms with Gasteiger partial charge in [-0.1, -0.05) is 32.3 Å². The Balaban J connectivity index is 1.97. The number of amides is 1. The average molecular weight is 274 g/mol. The van der Waals surface area contributed by atoms with Crippen LogP contribution in [0.15, 0.2) is 24.3 Å². The molecule has 0 aliphatic heterocycles. The second-order valence-corrected chi connectivity index (χ2v) is 5.78. The number of rotatable bonds is 4. The molecule has 1 aromatic rings. The summed E-state index contributed by atoms with van der Waals surface area (Å²) < 4.78 is 0. The first-order valence-corrected chi connectivity index (χ1v) is 7.81. The SMILES string of the molecule is CCC1CCCC(Nc2cccc(C(=O)NC)c2)CC1. The Morgan fingerprint density at radius 1 is 1.25 bits per heavy atom. The molecule has 0 saturated heterocycles. The molecule has 1 saturated carbocycles. The summed E-state index contributed by atoms with van der Waals surface area (Å²) >= 11 is 0. The second kappa shape index (κ2) is 7.32. The number of nitrogens with one attached hydrogen (secondary N) is 2. The molecule has 0 aromatic heterocycles. The highest BCUT2D eigenvalue weighted by Gasteiger charge is 2.17. The van der Waals surface area contributed by atoms with Crippen molar-refractivity contribution in [2.24, 2.45) is 5.92 Å². The molecular formula is C17H26N2O. The molecule has 1 aromatic carbocycles. The first-order valence-electron chi connectivity index (χ1n) is 7.81. The zero-order valence-corrected chi connectivity index (χ0v) is 12.6. The van der Waals surface area contributed by atoms with E-state index in [-0.39, 0.29) is 5.91 Å². The zero-order chi connectivity index (χ0) is 14.4. The molecule has 2 N–H and O–H groups in total. The van der Waals surface area contributed by atoms with Gasteiger partial charge in [0.1, 0.15) is 0 Å². The Morgan fingerprint density at radius 3 is 2.85 bits per heavy atom. The molecule has 20 heavy (non-hydrogen) atoms. The van der Waals surface area contributed by atoms with Crippen LogP contribution >= 0.6 is 0 Å². The standard InChI is InChI=1S/C17H26N2O/c1-3-13-6-4-8-15(11-10-13)19-16-9-5-7-14(12-16)17(20)18-2/h5,7,9,12-13,15,19H,3-4,6,8,10-11H2,1-2H3,(H,18,20). The van der Waals surface area contributed by atoms with Crippen LogP contribution in [0.5, 0.6) is 0 Å². The van der Waals surface area contributed by atoms with E-state index < -0.39 is 0 Å². The molecule has 3 nitrogen and oxygen atoms in total. The van der Waals surface area contributed by atoms with Crippen LogP contribution in [0.1, 0.15) is 55.8 Å².